The lowest BCUT2D eigenvalue weighted by Gasteiger charge is -2.20. The maximum Gasteiger partial charge on any atom is 0.236 e. The van der Waals surface area contributed by atoms with Gasteiger partial charge in [0.25, 0.3) is 0 Å². The van der Waals surface area contributed by atoms with Crippen LogP contribution in [-0.4, -0.2) is 39.9 Å². The van der Waals surface area contributed by atoms with Crippen LogP contribution in [0, 0.1) is 5.92 Å². The van der Waals surface area contributed by atoms with Crippen molar-refractivity contribution in [3.05, 3.63) is 0 Å². The van der Waals surface area contributed by atoms with Gasteiger partial charge in [0.2, 0.25) is 5.91 Å². The quantitative estimate of drug-likeness (QED) is 0.782. The van der Waals surface area contributed by atoms with Crippen LogP contribution in [0.25, 0.3) is 0 Å². The molecule has 0 saturated carbocycles. The van der Waals surface area contributed by atoms with E-state index in [4.69, 9.17) is 0 Å². The fourth-order valence-electron chi connectivity index (χ4n) is 1.75. The summed E-state index contributed by atoms with van der Waals surface area (Å²) in [7, 11) is 0. The van der Waals surface area contributed by atoms with Gasteiger partial charge in [-0.15, -0.1) is 0 Å². The molecule has 14 heavy (non-hydrogen) atoms. The maximum absolute atomic E-state index is 11.7. The van der Waals surface area contributed by atoms with Gasteiger partial charge in [-0.3, -0.25) is 4.79 Å². The average Bonchev–Trinajstić information content (AvgIpc) is 2.64. The van der Waals surface area contributed by atoms with Crippen molar-refractivity contribution in [3.8, 4) is 0 Å². The first-order valence-electron chi connectivity index (χ1n) is 5.17. The van der Waals surface area contributed by atoms with Crippen molar-refractivity contribution in [2.45, 2.75) is 37.6 Å². The van der Waals surface area contributed by atoms with Gasteiger partial charge in [-0.2, -0.15) is 0 Å². The Labute approximate surface area is 93.6 Å². The zero-order chi connectivity index (χ0) is 10.7. The minimum Gasteiger partial charge on any atom is -0.393 e. The first-order chi connectivity index (χ1) is 6.56. The first kappa shape index (κ1) is 12.0. The molecule has 1 saturated heterocycles. The SMILES string of the molecule is CCC(Br)C(=O)N1CCC(C(C)O)C1. The van der Waals surface area contributed by atoms with Crippen molar-refractivity contribution in [1.82, 2.24) is 4.90 Å². The summed E-state index contributed by atoms with van der Waals surface area (Å²) in [6.07, 6.45) is 1.44. The molecule has 1 aliphatic heterocycles. The highest BCUT2D eigenvalue weighted by Crippen LogP contribution is 2.22. The van der Waals surface area contributed by atoms with Gasteiger partial charge < -0.3 is 10.0 Å². The van der Waals surface area contributed by atoms with E-state index in [-0.39, 0.29) is 22.8 Å². The highest BCUT2D eigenvalue weighted by Gasteiger charge is 2.30. The Kier molecular flexibility index (Phi) is 4.38. The monoisotopic (exact) mass is 263 g/mol. The van der Waals surface area contributed by atoms with E-state index in [1.807, 2.05) is 11.8 Å². The predicted molar refractivity (Wildman–Crippen MR) is 59.4 cm³/mol. The molecule has 1 N–H and O–H groups in total. The Hall–Kier alpha value is -0.0900. The van der Waals surface area contributed by atoms with Crippen LogP contribution in [0.15, 0.2) is 0 Å². The van der Waals surface area contributed by atoms with E-state index in [1.165, 1.54) is 0 Å². The molecule has 1 fully saturated rings. The second kappa shape index (κ2) is 5.12. The molecule has 1 amide bonds. The van der Waals surface area contributed by atoms with Gasteiger partial charge in [-0.05, 0) is 19.8 Å². The van der Waals surface area contributed by atoms with Gasteiger partial charge in [-0.1, -0.05) is 22.9 Å². The normalized spacial score (nSPS) is 26.3. The number of aliphatic hydroxyl groups is 1. The number of nitrogens with zero attached hydrogens (tertiary/aromatic N) is 1. The molecular weight excluding hydrogens is 246 g/mol. The van der Waals surface area contributed by atoms with E-state index < -0.39 is 0 Å². The molecule has 1 heterocycles. The van der Waals surface area contributed by atoms with Crippen LogP contribution < -0.4 is 0 Å². The van der Waals surface area contributed by atoms with Crippen LogP contribution in [0.1, 0.15) is 26.7 Å². The largest absolute Gasteiger partial charge is 0.393 e. The summed E-state index contributed by atoms with van der Waals surface area (Å²) in [6, 6.07) is 0. The third-order valence-electron chi connectivity index (χ3n) is 2.84. The van der Waals surface area contributed by atoms with Crippen molar-refractivity contribution in [1.29, 1.82) is 0 Å². The minimum atomic E-state index is -0.303. The fourth-order valence-corrected chi connectivity index (χ4v) is 2.04. The van der Waals surface area contributed by atoms with Gasteiger partial charge >= 0.3 is 0 Å². The van der Waals surface area contributed by atoms with Crippen molar-refractivity contribution in [2.75, 3.05) is 13.1 Å². The van der Waals surface area contributed by atoms with E-state index >= 15 is 0 Å². The van der Waals surface area contributed by atoms with Gasteiger partial charge in [-0.25, -0.2) is 0 Å². The third kappa shape index (κ3) is 2.70. The van der Waals surface area contributed by atoms with Gasteiger partial charge in [0.05, 0.1) is 10.9 Å². The van der Waals surface area contributed by atoms with Crippen molar-refractivity contribution >= 4 is 21.8 Å². The summed E-state index contributed by atoms with van der Waals surface area (Å²) >= 11 is 3.36. The van der Waals surface area contributed by atoms with Crippen LogP contribution in [0.2, 0.25) is 0 Å². The minimum absolute atomic E-state index is 0.0600. The number of hydrogen-bond acceptors (Lipinski definition) is 2. The van der Waals surface area contributed by atoms with Crippen molar-refractivity contribution in [3.63, 3.8) is 0 Å². The Balaban J connectivity index is 2.45. The highest BCUT2D eigenvalue weighted by molar-refractivity contribution is 9.10. The molecular formula is C10H18BrNO2. The second-order valence-corrected chi connectivity index (χ2v) is 5.05. The molecule has 3 unspecified atom stereocenters. The number of halogens is 1. The number of rotatable bonds is 3. The molecule has 0 aromatic rings. The molecule has 4 heteroatoms. The van der Waals surface area contributed by atoms with Gasteiger partial charge in [0.1, 0.15) is 0 Å². The number of carbonyl (C=O) groups excluding carboxylic acids is 1. The molecule has 0 bridgehead atoms. The fraction of sp³-hybridized carbons (Fsp3) is 0.900. The van der Waals surface area contributed by atoms with E-state index in [2.05, 4.69) is 15.9 Å². The Bertz CT molecular complexity index is 208. The van der Waals surface area contributed by atoms with Crippen LogP contribution in [0.3, 0.4) is 0 Å². The summed E-state index contributed by atoms with van der Waals surface area (Å²) in [4.78, 5) is 13.5. The highest BCUT2D eigenvalue weighted by atomic mass is 79.9. The van der Waals surface area contributed by atoms with E-state index in [1.54, 1.807) is 6.92 Å². The summed E-state index contributed by atoms with van der Waals surface area (Å²) in [5, 5.41) is 9.40. The molecule has 0 aromatic heterocycles. The standard InChI is InChI=1S/C10H18BrNO2/c1-3-9(11)10(14)12-5-4-8(6-12)7(2)13/h7-9,13H,3-6H2,1-2H3. The molecule has 0 aromatic carbocycles. The van der Waals surface area contributed by atoms with Crippen LogP contribution >= 0.6 is 15.9 Å². The number of hydrogen-bond donors (Lipinski definition) is 1. The number of amides is 1. The van der Waals surface area contributed by atoms with Gasteiger partial charge in [0.15, 0.2) is 0 Å². The number of aliphatic hydroxyl groups excluding tert-OH is 1. The zero-order valence-corrected chi connectivity index (χ0v) is 10.3. The third-order valence-corrected chi connectivity index (χ3v) is 3.88. The molecule has 0 spiro atoms. The Morgan fingerprint density at radius 1 is 1.71 bits per heavy atom. The lowest BCUT2D eigenvalue weighted by Crippen LogP contribution is -2.35. The Morgan fingerprint density at radius 2 is 2.36 bits per heavy atom. The maximum atomic E-state index is 11.7. The average molecular weight is 264 g/mol. The molecule has 3 nitrogen and oxygen atoms in total. The lowest BCUT2D eigenvalue weighted by atomic mass is 10.0. The van der Waals surface area contributed by atoms with Gasteiger partial charge in [0, 0.05) is 19.0 Å². The second-order valence-electron chi connectivity index (χ2n) is 3.95. The molecule has 0 radical (unpaired) electrons. The van der Waals surface area contributed by atoms with Crippen LogP contribution in [-0.2, 0) is 4.79 Å². The summed E-state index contributed by atoms with van der Waals surface area (Å²) in [5.74, 6) is 0.422. The topological polar surface area (TPSA) is 40.5 Å². The summed E-state index contributed by atoms with van der Waals surface area (Å²) < 4.78 is 0. The van der Waals surface area contributed by atoms with Crippen LogP contribution in [0.5, 0.6) is 0 Å². The first-order valence-corrected chi connectivity index (χ1v) is 6.08. The number of alkyl halides is 1. The predicted octanol–water partition coefficient (Wildman–Crippen LogP) is 1.39. The smallest absolute Gasteiger partial charge is 0.236 e. The van der Waals surface area contributed by atoms with Crippen molar-refractivity contribution < 1.29 is 9.90 Å². The lowest BCUT2D eigenvalue weighted by molar-refractivity contribution is -0.129. The summed E-state index contributed by atoms with van der Waals surface area (Å²) in [6.45, 7) is 5.28. The molecule has 0 aliphatic carbocycles. The van der Waals surface area contributed by atoms with E-state index in [0.29, 0.717) is 6.54 Å². The molecule has 82 valence electrons. The van der Waals surface area contributed by atoms with Crippen LogP contribution in [0.4, 0.5) is 0 Å². The van der Waals surface area contributed by atoms with E-state index in [0.717, 1.165) is 19.4 Å². The number of likely N-dealkylation sites (tertiary alicyclic amines) is 1. The molecule has 1 aliphatic rings. The zero-order valence-electron chi connectivity index (χ0n) is 8.74. The summed E-state index contributed by atoms with van der Waals surface area (Å²) in [5.41, 5.74) is 0. The van der Waals surface area contributed by atoms with Crippen molar-refractivity contribution in [2.24, 2.45) is 5.92 Å². The molecule has 1 rings (SSSR count). The van der Waals surface area contributed by atoms with E-state index in [9.17, 15) is 9.90 Å². The Morgan fingerprint density at radius 3 is 2.79 bits per heavy atom. The number of carbonyl (C=O) groups is 1. The molecule has 3 atom stereocenters.